The predicted molar refractivity (Wildman–Crippen MR) is 67.4 cm³/mol. The normalized spacial score (nSPS) is 24.6. The van der Waals surface area contributed by atoms with Gasteiger partial charge in [-0.3, -0.25) is 4.79 Å². The number of carbonyl (C=O) groups is 1. The summed E-state index contributed by atoms with van der Waals surface area (Å²) >= 11 is 0. The van der Waals surface area contributed by atoms with Crippen molar-refractivity contribution < 1.29 is 9.53 Å². The molecule has 1 aliphatic heterocycles. The van der Waals surface area contributed by atoms with E-state index in [1.165, 1.54) is 32.1 Å². The molecule has 97 valence electrons. The van der Waals surface area contributed by atoms with Crippen molar-refractivity contribution in [1.29, 1.82) is 0 Å². The topological polar surface area (TPSA) is 29.5 Å². The van der Waals surface area contributed by atoms with E-state index in [9.17, 15) is 4.79 Å². The van der Waals surface area contributed by atoms with Gasteiger partial charge in [0.25, 0.3) is 0 Å². The molecule has 0 N–H and O–H groups in total. The second-order valence-corrected chi connectivity index (χ2v) is 5.23. The van der Waals surface area contributed by atoms with E-state index in [1.807, 2.05) is 4.90 Å². The van der Waals surface area contributed by atoms with Crippen molar-refractivity contribution in [3.8, 4) is 0 Å². The Morgan fingerprint density at radius 2 is 1.88 bits per heavy atom. The van der Waals surface area contributed by atoms with E-state index in [0.29, 0.717) is 25.0 Å². The fourth-order valence-electron chi connectivity index (χ4n) is 3.12. The van der Waals surface area contributed by atoms with Crippen LogP contribution in [0.3, 0.4) is 0 Å². The molecular formula is C14H24NO2. The summed E-state index contributed by atoms with van der Waals surface area (Å²) < 4.78 is 5.30. The smallest absolute Gasteiger partial charge is 0.226 e. The molecule has 1 radical (unpaired) electrons. The van der Waals surface area contributed by atoms with Crippen LogP contribution in [0.1, 0.15) is 38.5 Å². The number of amides is 1. The molecule has 0 bridgehead atoms. The Hall–Kier alpha value is -0.570. The van der Waals surface area contributed by atoms with Gasteiger partial charge >= 0.3 is 0 Å². The largest absolute Gasteiger partial charge is 0.378 e. The average molecular weight is 238 g/mol. The van der Waals surface area contributed by atoms with Gasteiger partial charge in [-0.05, 0) is 25.2 Å². The molecule has 1 aliphatic carbocycles. The van der Waals surface area contributed by atoms with Crippen molar-refractivity contribution in [2.45, 2.75) is 38.5 Å². The predicted octanol–water partition coefficient (Wildman–Crippen LogP) is 2.27. The molecule has 2 aliphatic rings. The molecule has 1 unspecified atom stereocenters. The van der Waals surface area contributed by atoms with E-state index in [2.05, 4.69) is 6.92 Å². The number of nitrogens with zero attached hydrogens (tertiary/aromatic N) is 1. The summed E-state index contributed by atoms with van der Waals surface area (Å²) in [6, 6.07) is 0. The van der Waals surface area contributed by atoms with Gasteiger partial charge in [0.2, 0.25) is 5.91 Å². The molecule has 1 heterocycles. The fourth-order valence-corrected chi connectivity index (χ4v) is 3.12. The minimum absolute atomic E-state index is 0.161. The van der Waals surface area contributed by atoms with Crippen LogP contribution >= 0.6 is 0 Å². The van der Waals surface area contributed by atoms with Gasteiger partial charge in [0.05, 0.1) is 13.2 Å². The minimum Gasteiger partial charge on any atom is -0.378 e. The van der Waals surface area contributed by atoms with Crippen LogP contribution < -0.4 is 0 Å². The van der Waals surface area contributed by atoms with Crippen LogP contribution in [0.25, 0.3) is 0 Å². The lowest BCUT2D eigenvalue weighted by molar-refractivity contribution is -0.141. The molecular weight excluding hydrogens is 214 g/mol. The van der Waals surface area contributed by atoms with Crippen LogP contribution in [0.5, 0.6) is 0 Å². The van der Waals surface area contributed by atoms with Crippen molar-refractivity contribution in [2.24, 2.45) is 11.8 Å². The van der Waals surface area contributed by atoms with Gasteiger partial charge < -0.3 is 9.64 Å². The monoisotopic (exact) mass is 238 g/mol. The standard InChI is InChI=1S/C14H24NO2/c1-2-13(12-6-4-3-5-7-12)14(16)15-8-10-17-11-9-15/h12-13H,1-11H2. The van der Waals surface area contributed by atoms with Crippen LogP contribution in [-0.4, -0.2) is 37.1 Å². The Labute approximate surface area is 105 Å². The molecule has 0 aromatic rings. The van der Waals surface area contributed by atoms with E-state index in [0.717, 1.165) is 19.5 Å². The maximum atomic E-state index is 12.5. The molecule has 0 aromatic carbocycles. The molecule has 1 amide bonds. The summed E-state index contributed by atoms with van der Waals surface area (Å²) in [5.41, 5.74) is 0. The van der Waals surface area contributed by atoms with Crippen LogP contribution in [0, 0.1) is 18.8 Å². The third-order valence-corrected chi connectivity index (χ3v) is 4.17. The summed E-state index contributed by atoms with van der Waals surface area (Å²) in [5, 5.41) is 0. The van der Waals surface area contributed by atoms with Gasteiger partial charge in [-0.2, -0.15) is 0 Å². The summed E-state index contributed by atoms with van der Waals surface area (Å²) in [4.78, 5) is 14.4. The fraction of sp³-hybridized carbons (Fsp3) is 0.857. The number of hydrogen-bond donors (Lipinski definition) is 0. The minimum atomic E-state index is 0.161. The zero-order valence-electron chi connectivity index (χ0n) is 10.7. The number of carbonyl (C=O) groups excluding carboxylic acids is 1. The first-order chi connectivity index (χ1) is 8.33. The van der Waals surface area contributed by atoms with Crippen LogP contribution in [-0.2, 0) is 9.53 Å². The van der Waals surface area contributed by atoms with Crippen molar-refractivity contribution in [3.63, 3.8) is 0 Å². The third-order valence-electron chi connectivity index (χ3n) is 4.17. The molecule has 2 rings (SSSR count). The van der Waals surface area contributed by atoms with Gasteiger partial charge in [-0.1, -0.05) is 26.2 Å². The molecule has 3 heteroatoms. The molecule has 1 saturated carbocycles. The van der Waals surface area contributed by atoms with Gasteiger partial charge in [-0.25, -0.2) is 0 Å². The molecule has 17 heavy (non-hydrogen) atoms. The lowest BCUT2D eigenvalue weighted by Crippen LogP contribution is -2.45. The molecule has 2 fully saturated rings. The second-order valence-electron chi connectivity index (χ2n) is 5.23. The Kier molecular flexibility index (Phi) is 4.84. The summed E-state index contributed by atoms with van der Waals surface area (Å²) in [6.07, 6.45) is 7.11. The molecule has 0 spiro atoms. The van der Waals surface area contributed by atoms with Gasteiger partial charge in [0.15, 0.2) is 0 Å². The van der Waals surface area contributed by atoms with E-state index in [4.69, 9.17) is 4.74 Å². The number of ether oxygens (including phenoxy) is 1. The highest BCUT2D eigenvalue weighted by atomic mass is 16.5. The van der Waals surface area contributed by atoms with E-state index in [1.54, 1.807) is 0 Å². The first-order valence-corrected chi connectivity index (χ1v) is 6.98. The molecule has 3 nitrogen and oxygen atoms in total. The summed E-state index contributed by atoms with van der Waals surface area (Å²) in [6.45, 7) is 6.92. The van der Waals surface area contributed by atoms with Crippen LogP contribution in [0.4, 0.5) is 0 Å². The SMILES string of the molecule is [CH2]CC(C(=O)N1CCOCC1)C1CCCCC1. The number of hydrogen-bond acceptors (Lipinski definition) is 2. The average Bonchev–Trinajstić information content (AvgIpc) is 2.42. The van der Waals surface area contributed by atoms with Gasteiger partial charge in [0, 0.05) is 19.0 Å². The quantitative estimate of drug-likeness (QED) is 0.755. The Morgan fingerprint density at radius 3 is 2.47 bits per heavy atom. The summed E-state index contributed by atoms with van der Waals surface area (Å²) in [7, 11) is 0. The van der Waals surface area contributed by atoms with Crippen molar-refractivity contribution in [2.75, 3.05) is 26.3 Å². The second kappa shape index (κ2) is 6.39. The lowest BCUT2D eigenvalue weighted by atomic mass is 9.78. The molecule has 0 aromatic heterocycles. The number of rotatable bonds is 3. The Bertz CT molecular complexity index is 243. The van der Waals surface area contributed by atoms with E-state index < -0.39 is 0 Å². The maximum Gasteiger partial charge on any atom is 0.226 e. The number of morpholine rings is 1. The third kappa shape index (κ3) is 3.21. The first kappa shape index (κ1) is 12.9. The highest BCUT2D eigenvalue weighted by Crippen LogP contribution is 2.32. The Balaban J connectivity index is 1.93. The van der Waals surface area contributed by atoms with Crippen molar-refractivity contribution in [3.05, 3.63) is 6.92 Å². The van der Waals surface area contributed by atoms with Crippen molar-refractivity contribution >= 4 is 5.91 Å². The lowest BCUT2D eigenvalue weighted by Gasteiger charge is -2.34. The van der Waals surface area contributed by atoms with Gasteiger partial charge in [-0.15, -0.1) is 0 Å². The Morgan fingerprint density at radius 1 is 1.24 bits per heavy atom. The molecule has 1 atom stereocenters. The highest BCUT2D eigenvalue weighted by molar-refractivity contribution is 5.79. The first-order valence-electron chi connectivity index (χ1n) is 6.98. The zero-order valence-corrected chi connectivity index (χ0v) is 10.7. The highest BCUT2D eigenvalue weighted by Gasteiger charge is 2.31. The van der Waals surface area contributed by atoms with Gasteiger partial charge in [0.1, 0.15) is 0 Å². The van der Waals surface area contributed by atoms with E-state index in [-0.39, 0.29) is 5.92 Å². The van der Waals surface area contributed by atoms with E-state index >= 15 is 0 Å². The summed E-state index contributed by atoms with van der Waals surface area (Å²) in [5.74, 6) is 1.07. The maximum absolute atomic E-state index is 12.5. The van der Waals surface area contributed by atoms with Crippen LogP contribution in [0.15, 0.2) is 0 Å². The molecule has 1 saturated heterocycles. The zero-order chi connectivity index (χ0) is 12.1. The van der Waals surface area contributed by atoms with Crippen molar-refractivity contribution in [1.82, 2.24) is 4.90 Å². The van der Waals surface area contributed by atoms with Crippen LogP contribution in [0.2, 0.25) is 0 Å².